The number of aromatic nitrogens is 2. The molecule has 0 aliphatic carbocycles. The van der Waals surface area contributed by atoms with Crippen molar-refractivity contribution in [1.82, 2.24) is 10.2 Å². The third kappa shape index (κ3) is 1.47. The highest BCUT2D eigenvalue weighted by molar-refractivity contribution is 6.31. The minimum Gasteiger partial charge on any atom is -0.504 e. The molecule has 0 fully saturated rings. The number of nitrogens with zero attached hydrogens (tertiary/aromatic N) is 1. The van der Waals surface area contributed by atoms with Crippen molar-refractivity contribution in [3.05, 3.63) is 28.9 Å². The van der Waals surface area contributed by atoms with E-state index in [1.807, 2.05) is 0 Å². The number of H-pyrrole nitrogens is 1. The number of halogens is 3. The molecule has 0 amide bonds. The number of nitrogens with one attached hydrogen (secondary N) is 1. The zero-order valence-electron chi connectivity index (χ0n) is 7.76. The van der Waals surface area contributed by atoms with Gasteiger partial charge in [0, 0.05) is 0 Å². The highest BCUT2D eigenvalue weighted by Gasteiger charge is 2.21. The van der Waals surface area contributed by atoms with Crippen LogP contribution in [0.25, 0.3) is 11.1 Å². The van der Waals surface area contributed by atoms with E-state index in [9.17, 15) is 13.9 Å². The Labute approximate surface area is 93.7 Å². The fourth-order valence-corrected chi connectivity index (χ4v) is 1.52. The van der Waals surface area contributed by atoms with Gasteiger partial charge in [-0.05, 0) is 6.07 Å². The number of anilines is 1. The maximum Gasteiger partial charge on any atom is 0.167 e. The second-order valence-corrected chi connectivity index (χ2v) is 3.48. The van der Waals surface area contributed by atoms with Gasteiger partial charge >= 0.3 is 0 Å². The third-order valence-corrected chi connectivity index (χ3v) is 2.36. The Bertz CT molecular complexity index is 530. The van der Waals surface area contributed by atoms with E-state index in [0.29, 0.717) is 6.07 Å². The summed E-state index contributed by atoms with van der Waals surface area (Å²) in [6, 6.07) is 0.687. The zero-order chi connectivity index (χ0) is 11.9. The number of hydrogen-bond acceptors (Lipinski definition) is 3. The SMILES string of the molecule is Nc1[nH]ncc1-c1c(O)c(F)cc(Cl)c1F. The average Bonchev–Trinajstić information content (AvgIpc) is 2.63. The lowest BCUT2D eigenvalue weighted by atomic mass is 10.1. The van der Waals surface area contributed by atoms with Gasteiger partial charge in [0.25, 0.3) is 0 Å². The largest absolute Gasteiger partial charge is 0.504 e. The fraction of sp³-hybridized carbons (Fsp3) is 0. The molecule has 0 saturated carbocycles. The van der Waals surface area contributed by atoms with Crippen molar-refractivity contribution in [2.75, 3.05) is 5.73 Å². The lowest BCUT2D eigenvalue weighted by molar-refractivity contribution is 0.429. The molecule has 2 aromatic rings. The first kappa shape index (κ1) is 10.7. The number of aromatic amines is 1. The van der Waals surface area contributed by atoms with Crippen LogP contribution in [0.1, 0.15) is 0 Å². The molecular formula is C9H6ClF2N3O. The summed E-state index contributed by atoms with van der Waals surface area (Å²) in [5, 5.41) is 14.9. The quantitative estimate of drug-likeness (QED) is 0.675. The summed E-state index contributed by atoms with van der Waals surface area (Å²) < 4.78 is 26.8. The van der Waals surface area contributed by atoms with Gasteiger partial charge < -0.3 is 10.8 Å². The van der Waals surface area contributed by atoms with Crippen LogP contribution in [0, 0.1) is 11.6 Å². The molecule has 0 radical (unpaired) electrons. The highest BCUT2D eigenvalue weighted by Crippen LogP contribution is 2.39. The molecule has 4 nitrogen and oxygen atoms in total. The summed E-state index contributed by atoms with van der Waals surface area (Å²) >= 11 is 5.46. The molecule has 0 spiro atoms. The normalized spacial score (nSPS) is 10.7. The highest BCUT2D eigenvalue weighted by atomic mass is 35.5. The number of nitrogen functional groups attached to an aromatic ring is 1. The lowest BCUT2D eigenvalue weighted by Crippen LogP contribution is -1.93. The molecule has 0 saturated heterocycles. The number of hydrogen-bond donors (Lipinski definition) is 3. The van der Waals surface area contributed by atoms with Gasteiger partial charge in [0.15, 0.2) is 17.4 Å². The number of rotatable bonds is 1. The summed E-state index contributed by atoms with van der Waals surface area (Å²) in [6.07, 6.45) is 1.17. The van der Waals surface area contributed by atoms with Crippen LogP contribution in [-0.2, 0) is 0 Å². The van der Waals surface area contributed by atoms with E-state index >= 15 is 0 Å². The Balaban J connectivity index is 2.79. The van der Waals surface area contributed by atoms with Crippen molar-refractivity contribution in [3.8, 4) is 16.9 Å². The summed E-state index contributed by atoms with van der Waals surface area (Å²) in [6.45, 7) is 0. The van der Waals surface area contributed by atoms with Gasteiger partial charge in [-0.3, -0.25) is 5.10 Å². The monoisotopic (exact) mass is 245 g/mol. The number of nitrogens with two attached hydrogens (primary N) is 1. The Hall–Kier alpha value is -1.82. The number of phenolic OH excluding ortho intramolecular Hbond substituents is 1. The van der Waals surface area contributed by atoms with Crippen LogP contribution in [0.5, 0.6) is 5.75 Å². The first-order chi connectivity index (χ1) is 7.52. The predicted molar refractivity (Wildman–Crippen MR) is 55.0 cm³/mol. The number of aromatic hydroxyl groups is 1. The van der Waals surface area contributed by atoms with Crippen LogP contribution < -0.4 is 5.73 Å². The molecule has 2 rings (SSSR count). The van der Waals surface area contributed by atoms with Gasteiger partial charge in [0.1, 0.15) is 5.82 Å². The van der Waals surface area contributed by atoms with E-state index in [0.717, 1.165) is 0 Å². The van der Waals surface area contributed by atoms with Crippen molar-refractivity contribution in [2.24, 2.45) is 0 Å². The van der Waals surface area contributed by atoms with Crippen molar-refractivity contribution < 1.29 is 13.9 Å². The second kappa shape index (κ2) is 3.64. The summed E-state index contributed by atoms with van der Waals surface area (Å²) in [4.78, 5) is 0. The van der Waals surface area contributed by atoms with Crippen molar-refractivity contribution in [3.63, 3.8) is 0 Å². The van der Waals surface area contributed by atoms with Gasteiger partial charge in [0.2, 0.25) is 0 Å². The Kier molecular flexibility index (Phi) is 2.43. The predicted octanol–water partition coefficient (Wildman–Crippen LogP) is 2.30. The molecule has 0 bridgehead atoms. The average molecular weight is 246 g/mol. The second-order valence-electron chi connectivity index (χ2n) is 3.08. The van der Waals surface area contributed by atoms with E-state index < -0.39 is 28.0 Å². The fourth-order valence-electron chi connectivity index (χ4n) is 1.33. The van der Waals surface area contributed by atoms with Crippen molar-refractivity contribution in [1.29, 1.82) is 0 Å². The minimum atomic E-state index is -1.03. The van der Waals surface area contributed by atoms with Crippen LogP contribution >= 0.6 is 11.6 Å². The first-order valence-electron chi connectivity index (χ1n) is 4.18. The molecule has 7 heteroatoms. The van der Waals surface area contributed by atoms with Crippen LogP contribution in [0.15, 0.2) is 12.3 Å². The number of benzene rings is 1. The van der Waals surface area contributed by atoms with Crippen molar-refractivity contribution >= 4 is 17.4 Å². The van der Waals surface area contributed by atoms with Gasteiger partial charge in [-0.2, -0.15) is 5.10 Å². The van der Waals surface area contributed by atoms with Crippen LogP contribution in [0.4, 0.5) is 14.6 Å². The first-order valence-corrected chi connectivity index (χ1v) is 4.56. The van der Waals surface area contributed by atoms with E-state index in [1.165, 1.54) is 6.20 Å². The van der Waals surface area contributed by atoms with Crippen LogP contribution in [0.2, 0.25) is 5.02 Å². The van der Waals surface area contributed by atoms with E-state index in [4.69, 9.17) is 17.3 Å². The molecule has 84 valence electrons. The Morgan fingerprint density at radius 2 is 2.12 bits per heavy atom. The Morgan fingerprint density at radius 3 is 2.69 bits per heavy atom. The van der Waals surface area contributed by atoms with Gasteiger partial charge in [0.05, 0.1) is 22.3 Å². The Morgan fingerprint density at radius 1 is 1.44 bits per heavy atom. The van der Waals surface area contributed by atoms with Crippen LogP contribution in [0.3, 0.4) is 0 Å². The molecular weight excluding hydrogens is 240 g/mol. The zero-order valence-corrected chi connectivity index (χ0v) is 8.52. The summed E-state index contributed by atoms with van der Waals surface area (Å²) in [5.41, 5.74) is 5.10. The topological polar surface area (TPSA) is 74.9 Å². The molecule has 1 aromatic carbocycles. The maximum absolute atomic E-state index is 13.6. The van der Waals surface area contributed by atoms with Crippen molar-refractivity contribution in [2.45, 2.75) is 0 Å². The molecule has 0 aliphatic heterocycles. The standard InChI is InChI=1S/C9H6ClF2N3O/c10-4-1-5(11)8(16)6(7(4)12)3-2-14-15-9(3)13/h1-2,16H,(H3,13,14,15). The number of phenols is 1. The molecule has 1 heterocycles. The summed E-state index contributed by atoms with van der Waals surface area (Å²) in [5.74, 6) is -2.82. The molecule has 1 aromatic heterocycles. The lowest BCUT2D eigenvalue weighted by Gasteiger charge is -2.07. The third-order valence-electron chi connectivity index (χ3n) is 2.08. The van der Waals surface area contributed by atoms with Gasteiger partial charge in [-0.25, -0.2) is 8.78 Å². The van der Waals surface area contributed by atoms with E-state index in [2.05, 4.69) is 10.2 Å². The van der Waals surface area contributed by atoms with Gasteiger partial charge in [-0.1, -0.05) is 11.6 Å². The molecule has 0 unspecified atom stereocenters. The maximum atomic E-state index is 13.6. The molecule has 16 heavy (non-hydrogen) atoms. The van der Waals surface area contributed by atoms with Crippen LogP contribution in [-0.4, -0.2) is 15.3 Å². The van der Waals surface area contributed by atoms with Gasteiger partial charge in [-0.15, -0.1) is 0 Å². The molecule has 0 aliphatic rings. The van der Waals surface area contributed by atoms with E-state index in [1.54, 1.807) is 0 Å². The van der Waals surface area contributed by atoms with E-state index in [-0.39, 0.29) is 11.4 Å². The molecule has 0 atom stereocenters. The smallest absolute Gasteiger partial charge is 0.167 e. The molecule has 4 N–H and O–H groups in total. The summed E-state index contributed by atoms with van der Waals surface area (Å²) in [7, 11) is 0. The minimum absolute atomic E-state index is 0.0101.